The molecular weight excluding hydrogens is 345 g/mol. The number of amides is 1. The molecule has 0 spiro atoms. The molecule has 0 aliphatic rings. The van der Waals surface area contributed by atoms with E-state index in [4.69, 9.17) is 15.7 Å². The Hall–Kier alpha value is -3.06. The summed E-state index contributed by atoms with van der Waals surface area (Å²) in [4.78, 5) is 21.8. The van der Waals surface area contributed by atoms with Crippen molar-refractivity contribution >= 4 is 39.0 Å². The Morgan fingerprint density at radius 3 is 2.56 bits per heavy atom. The number of aromatic nitrogens is 3. The summed E-state index contributed by atoms with van der Waals surface area (Å²) >= 11 is 0. The highest BCUT2D eigenvalue weighted by atomic mass is 19.1. The fourth-order valence-electron chi connectivity index (χ4n) is 3.29. The van der Waals surface area contributed by atoms with Crippen LogP contribution in [0.15, 0.2) is 30.3 Å². The molecule has 0 radical (unpaired) electrons. The molecule has 0 bridgehead atoms. The van der Waals surface area contributed by atoms with E-state index in [0.29, 0.717) is 29.6 Å². The first-order valence-electron chi connectivity index (χ1n) is 8.81. The van der Waals surface area contributed by atoms with Gasteiger partial charge in [0.2, 0.25) is 5.91 Å². The van der Waals surface area contributed by atoms with E-state index in [2.05, 4.69) is 5.32 Å². The molecule has 0 saturated heterocycles. The minimum Gasteiger partial charge on any atom is -0.353 e. The van der Waals surface area contributed by atoms with Gasteiger partial charge < -0.3 is 15.6 Å². The van der Waals surface area contributed by atoms with E-state index in [-0.39, 0.29) is 18.3 Å². The lowest BCUT2D eigenvalue weighted by molar-refractivity contribution is -0.121. The fraction of sp³-hybridized carbons (Fsp3) is 0.250. The van der Waals surface area contributed by atoms with Crippen molar-refractivity contribution in [3.8, 4) is 0 Å². The molecule has 0 unspecified atom stereocenters. The molecule has 4 rings (SSSR count). The largest absolute Gasteiger partial charge is 0.353 e. The number of fused-ring (bicyclic) bond motifs is 4. The van der Waals surface area contributed by atoms with E-state index < -0.39 is 0 Å². The second-order valence-electron chi connectivity index (χ2n) is 6.71. The third-order valence-corrected chi connectivity index (χ3v) is 4.79. The molecule has 4 aromatic rings. The maximum atomic E-state index is 13.9. The minimum atomic E-state index is -0.351. The molecule has 0 aliphatic carbocycles. The number of nitrogens with two attached hydrogens (primary N) is 1. The van der Waals surface area contributed by atoms with Crippen molar-refractivity contribution in [3.05, 3.63) is 47.3 Å². The molecular formula is C20H20FN5O. The number of rotatable bonds is 4. The van der Waals surface area contributed by atoms with Crippen LogP contribution in [-0.2, 0) is 11.3 Å². The molecule has 7 heteroatoms. The molecule has 138 valence electrons. The lowest BCUT2D eigenvalue weighted by Gasteiger charge is -2.08. The van der Waals surface area contributed by atoms with Crippen LogP contribution in [0.2, 0.25) is 0 Å². The van der Waals surface area contributed by atoms with Gasteiger partial charge in [-0.2, -0.15) is 0 Å². The maximum absolute atomic E-state index is 13.9. The second-order valence-corrected chi connectivity index (χ2v) is 6.71. The Balaban J connectivity index is 1.99. The maximum Gasteiger partial charge on any atom is 0.240 e. The topological polar surface area (TPSA) is 85.8 Å². The van der Waals surface area contributed by atoms with Crippen LogP contribution in [0.25, 0.3) is 33.1 Å². The highest BCUT2D eigenvalue weighted by molar-refractivity contribution is 6.07. The van der Waals surface area contributed by atoms with Crippen LogP contribution in [-0.4, -0.2) is 33.5 Å². The Bertz CT molecular complexity index is 1200. The van der Waals surface area contributed by atoms with Crippen LogP contribution in [0.5, 0.6) is 0 Å². The van der Waals surface area contributed by atoms with Crippen LogP contribution in [0, 0.1) is 19.7 Å². The van der Waals surface area contributed by atoms with Crippen molar-refractivity contribution in [2.75, 3.05) is 13.1 Å². The number of halogens is 1. The van der Waals surface area contributed by atoms with Crippen molar-refractivity contribution in [2.45, 2.75) is 20.4 Å². The molecule has 0 aliphatic heterocycles. The van der Waals surface area contributed by atoms with Crippen LogP contribution in [0.3, 0.4) is 0 Å². The van der Waals surface area contributed by atoms with E-state index in [1.807, 2.05) is 26.0 Å². The normalized spacial score (nSPS) is 11.6. The van der Waals surface area contributed by atoms with Gasteiger partial charge in [0.05, 0.1) is 16.6 Å². The van der Waals surface area contributed by atoms with Gasteiger partial charge in [-0.3, -0.25) is 4.79 Å². The van der Waals surface area contributed by atoms with Gasteiger partial charge in [0, 0.05) is 18.5 Å². The average Bonchev–Trinajstić information content (AvgIpc) is 2.91. The number of hydrogen-bond donors (Lipinski definition) is 2. The van der Waals surface area contributed by atoms with E-state index in [0.717, 1.165) is 27.7 Å². The lowest BCUT2D eigenvalue weighted by atomic mass is 10.1. The zero-order valence-electron chi connectivity index (χ0n) is 15.2. The van der Waals surface area contributed by atoms with Gasteiger partial charge in [0.1, 0.15) is 17.9 Å². The van der Waals surface area contributed by atoms with E-state index in [9.17, 15) is 9.18 Å². The number of hydrogen-bond acceptors (Lipinski definition) is 4. The first kappa shape index (κ1) is 17.4. The highest BCUT2D eigenvalue weighted by Gasteiger charge is 2.17. The third kappa shape index (κ3) is 3.00. The van der Waals surface area contributed by atoms with Gasteiger partial charge >= 0.3 is 0 Å². The summed E-state index contributed by atoms with van der Waals surface area (Å²) in [6.07, 6.45) is 0. The van der Waals surface area contributed by atoms with Gasteiger partial charge in [-0.05, 0) is 55.3 Å². The van der Waals surface area contributed by atoms with Crippen molar-refractivity contribution in [1.29, 1.82) is 0 Å². The number of aryl methyl sites for hydroxylation is 2. The monoisotopic (exact) mass is 365 g/mol. The summed E-state index contributed by atoms with van der Waals surface area (Å²) in [5, 5.41) is 3.40. The predicted octanol–water partition coefficient (Wildman–Crippen LogP) is 2.57. The minimum absolute atomic E-state index is 0.0661. The zero-order chi connectivity index (χ0) is 19.1. The first-order valence-corrected chi connectivity index (χ1v) is 8.81. The molecule has 6 nitrogen and oxygen atoms in total. The molecule has 2 heterocycles. The summed E-state index contributed by atoms with van der Waals surface area (Å²) in [6.45, 7) is 4.87. The van der Waals surface area contributed by atoms with Crippen LogP contribution in [0.4, 0.5) is 4.39 Å². The van der Waals surface area contributed by atoms with E-state index in [1.54, 1.807) is 10.6 Å². The quantitative estimate of drug-likeness (QED) is 0.582. The van der Waals surface area contributed by atoms with E-state index >= 15 is 0 Å². The standard InChI is InChI=1S/C20H20FN5O/c1-11-7-15-16(8-12(11)2)25-20-19(24-15)14-9-13(21)3-4-17(14)26(20)10-18(27)23-6-5-22/h3-4,7-9H,5-6,10,22H2,1-2H3,(H,23,27). The summed E-state index contributed by atoms with van der Waals surface area (Å²) in [5.41, 5.74) is 11.1. The van der Waals surface area contributed by atoms with Gasteiger partial charge in [-0.15, -0.1) is 0 Å². The first-order chi connectivity index (χ1) is 13.0. The van der Waals surface area contributed by atoms with Gasteiger partial charge in [0.15, 0.2) is 5.65 Å². The molecule has 1 amide bonds. The van der Waals surface area contributed by atoms with Gasteiger partial charge in [0.25, 0.3) is 0 Å². The van der Waals surface area contributed by atoms with Crippen molar-refractivity contribution in [1.82, 2.24) is 19.9 Å². The van der Waals surface area contributed by atoms with E-state index in [1.165, 1.54) is 12.1 Å². The van der Waals surface area contributed by atoms with Crippen molar-refractivity contribution in [3.63, 3.8) is 0 Å². The smallest absolute Gasteiger partial charge is 0.240 e. The molecule has 2 aromatic carbocycles. The number of carbonyl (C=O) groups excluding carboxylic acids is 1. The highest BCUT2D eigenvalue weighted by Crippen LogP contribution is 2.29. The SMILES string of the molecule is Cc1cc2nc3c4cc(F)ccc4n(CC(=O)NCCN)c3nc2cc1C. The van der Waals surface area contributed by atoms with Crippen molar-refractivity contribution < 1.29 is 9.18 Å². The third-order valence-electron chi connectivity index (χ3n) is 4.79. The number of benzene rings is 2. The van der Waals surface area contributed by atoms with Crippen LogP contribution in [0.1, 0.15) is 11.1 Å². The second kappa shape index (κ2) is 6.59. The van der Waals surface area contributed by atoms with Crippen LogP contribution < -0.4 is 11.1 Å². The average molecular weight is 365 g/mol. The predicted molar refractivity (Wildman–Crippen MR) is 104 cm³/mol. The molecule has 0 saturated carbocycles. The lowest BCUT2D eigenvalue weighted by Crippen LogP contribution is -2.31. The number of nitrogens with one attached hydrogen (secondary N) is 1. The summed E-state index contributed by atoms with van der Waals surface area (Å²) < 4.78 is 15.7. The summed E-state index contributed by atoms with van der Waals surface area (Å²) in [6, 6.07) is 8.43. The number of carbonyl (C=O) groups is 1. The molecule has 0 atom stereocenters. The Kier molecular flexibility index (Phi) is 4.24. The van der Waals surface area contributed by atoms with Gasteiger partial charge in [-0.25, -0.2) is 14.4 Å². The Morgan fingerprint density at radius 2 is 1.85 bits per heavy atom. The fourth-order valence-corrected chi connectivity index (χ4v) is 3.29. The number of nitrogens with zero attached hydrogens (tertiary/aromatic N) is 3. The summed E-state index contributed by atoms with van der Waals surface area (Å²) in [7, 11) is 0. The molecule has 27 heavy (non-hydrogen) atoms. The Morgan fingerprint density at radius 1 is 1.15 bits per heavy atom. The zero-order valence-corrected chi connectivity index (χ0v) is 15.2. The Labute approximate surface area is 155 Å². The molecule has 2 aromatic heterocycles. The summed E-state index contributed by atoms with van der Waals surface area (Å²) in [5.74, 6) is -0.526. The van der Waals surface area contributed by atoms with Crippen molar-refractivity contribution in [2.24, 2.45) is 5.73 Å². The van der Waals surface area contributed by atoms with Crippen LogP contribution >= 0.6 is 0 Å². The van der Waals surface area contributed by atoms with Gasteiger partial charge in [-0.1, -0.05) is 0 Å². The molecule has 0 fully saturated rings. The molecule has 3 N–H and O–H groups in total.